The predicted molar refractivity (Wildman–Crippen MR) is 40.7 cm³/mol. The van der Waals surface area contributed by atoms with E-state index >= 15 is 0 Å². The van der Waals surface area contributed by atoms with Crippen LogP contribution in [0, 0.1) is 0 Å². The van der Waals surface area contributed by atoms with Crippen LogP contribution in [0.25, 0.3) is 0 Å². The van der Waals surface area contributed by atoms with Crippen LogP contribution in [0.15, 0.2) is 0 Å². The lowest BCUT2D eigenvalue weighted by Crippen LogP contribution is -2.06. The van der Waals surface area contributed by atoms with E-state index in [0.717, 1.165) is 6.61 Å². The van der Waals surface area contributed by atoms with Crippen molar-refractivity contribution in [3.8, 4) is 0 Å². The summed E-state index contributed by atoms with van der Waals surface area (Å²) >= 11 is 0. The van der Waals surface area contributed by atoms with Crippen LogP contribution < -0.4 is 0 Å². The smallest absolute Gasteiger partial charge is 0.161 e. The van der Waals surface area contributed by atoms with Crippen LogP contribution in [0.5, 0.6) is 0 Å². The Morgan fingerprint density at radius 1 is 1.38 bits per heavy atom. The van der Waals surface area contributed by atoms with E-state index in [1.54, 1.807) is 0 Å². The van der Waals surface area contributed by atoms with E-state index in [4.69, 9.17) is 9.22 Å². The lowest BCUT2D eigenvalue weighted by molar-refractivity contribution is 0.304. The molecule has 1 fully saturated rings. The van der Waals surface area contributed by atoms with Gasteiger partial charge in [-0.15, -0.1) is 0 Å². The second-order valence-electron chi connectivity index (χ2n) is 1.67. The molecule has 0 spiro atoms. The molecule has 1 aliphatic rings. The summed E-state index contributed by atoms with van der Waals surface area (Å²) in [6.45, 7) is 1.06. The van der Waals surface area contributed by atoms with Gasteiger partial charge in [-0.1, -0.05) is 6.42 Å². The van der Waals surface area contributed by atoms with E-state index in [-0.39, 0.29) is 9.76 Å². The maximum atomic E-state index is 7.14. The second-order valence-corrected chi connectivity index (χ2v) is 3.20. The highest BCUT2D eigenvalue weighted by Gasteiger charge is 1.96. The highest BCUT2D eigenvalue weighted by atomic mass is 28.2. The van der Waals surface area contributed by atoms with Gasteiger partial charge in [-0.25, -0.2) is 0 Å². The quantitative estimate of drug-likeness (QED) is 0.429. The minimum atomic E-state index is 0.00849. The topological polar surface area (TPSA) is 29.5 Å². The van der Waals surface area contributed by atoms with Crippen LogP contribution in [0.1, 0.15) is 12.8 Å². The third kappa shape index (κ3) is 4.51. The third-order valence-corrected chi connectivity index (χ3v) is 2.44. The fraction of sp³-hybridized carbons (Fsp3) is 1.00. The summed E-state index contributed by atoms with van der Waals surface area (Å²) in [5.74, 6) is 0. The summed E-state index contributed by atoms with van der Waals surface area (Å²) in [5.41, 5.74) is 0. The maximum Gasteiger partial charge on any atom is 0.161 e. The van der Waals surface area contributed by atoms with Gasteiger partial charge in [0.25, 0.3) is 0 Å². The van der Waals surface area contributed by atoms with E-state index in [1.165, 1.54) is 18.9 Å². The van der Waals surface area contributed by atoms with Crippen molar-refractivity contribution in [2.45, 2.75) is 18.9 Å². The normalized spacial score (nSPS) is 22.1. The zero-order valence-electron chi connectivity index (χ0n) is 5.39. The average molecular weight is 150 g/mol. The van der Waals surface area contributed by atoms with Gasteiger partial charge in [0, 0.05) is 6.61 Å². The molecule has 1 rings (SSSR count). The van der Waals surface area contributed by atoms with Crippen LogP contribution in [0.2, 0.25) is 6.04 Å². The van der Waals surface area contributed by atoms with Crippen molar-refractivity contribution in [1.82, 2.24) is 0 Å². The molecule has 0 bridgehead atoms. The second kappa shape index (κ2) is 7.35. The van der Waals surface area contributed by atoms with E-state index in [0.29, 0.717) is 10.5 Å². The van der Waals surface area contributed by atoms with Crippen LogP contribution in [-0.2, 0) is 4.43 Å². The first-order valence-electron chi connectivity index (χ1n) is 3.02. The summed E-state index contributed by atoms with van der Waals surface area (Å²) in [4.78, 5) is 7.14. The molecule has 8 heavy (non-hydrogen) atoms. The van der Waals surface area contributed by atoms with E-state index in [1.807, 2.05) is 0 Å². The molecule has 1 saturated heterocycles. The van der Waals surface area contributed by atoms with Crippen LogP contribution in [-0.4, -0.2) is 31.7 Å². The zero-order chi connectivity index (χ0) is 6.24. The van der Waals surface area contributed by atoms with Crippen molar-refractivity contribution in [1.29, 1.82) is 0 Å². The van der Waals surface area contributed by atoms with Gasteiger partial charge >= 0.3 is 0 Å². The first kappa shape index (κ1) is 8.35. The third-order valence-electron chi connectivity index (χ3n) is 1.08. The molecule has 4 heteroatoms. The van der Waals surface area contributed by atoms with Crippen molar-refractivity contribution in [3.63, 3.8) is 0 Å². The molecule has 0 unspecified atom stereocenters. The van der Waals surface area contributed by atoms with Crippen molar-refractivity contribution >= 4 is 20.2 Å². The molecule has 0 aromatic rings. The Morgan fingerprint density at radius 3 is 2.25 bits per heavy atom. The molecular formula is C4H14O2Si2. The van der Waals surface area contributed by atoms with Crippen molar-refractivity contribution < 1.29 is 9.22 Å². The number of hydrogen-bond donors (Lipinski definition) is 1. The van der Waals surface area contributed by atoms with Gasteiger partial charge in [0.2, 0.25) is 0 Å². The summed E-state index contributed by atoms with van der Waals surface area (Å²) in [5, 5.41) is 0. The molecule has 0 atom stereocenters. The Hall–Kier alpha value is 0.354. The molecule has 2 nitrogen and oxygen atoms in total. The average Bonchev–Trinajstić information content (AvgIpc) is 1.96. The molecule has 0 aliphatic carbocycles. The van der Waals surface area contributed by atoms with Crippen LogP contribution in [0.4, 0.5) is 0 Å². The molecule has 50 valence electrons. The molecule has 1 aliphatic heterocycles. The van der Waals surface area contributed by atoms with Crippen molar-refractivity contribution in [2.24, 2.45) is 0 Å². The summed E-state index contributed by atoms with van der Waals surface area (Å²) in [6, 6.07) is 1.42. The Kier molecular flexibility index (Phi) is 7.68. The summed E-state index contributed by atoms with van der Waals surface area (Å²) < 4.78 is 5.21. The van der Waals surface area contributed by atoms with Crippen molar-refractivity contribution in [3.05, 3.63) is 0 Å². The van der Waals surface area contributed by atoms with Gasteiger partial charge in [-0.05, 0) is 12.5 Å². The van der Waals surface area contributed by atoms with Gasteiger partial charge in [0.05, 0.1) is 0 Å². The zero-order valence-corrected chi connectivity index (χ0v) is 8.81. The minimum Gasteiger partial charge on any atom is -0.442 e. The maximum absolute atomic E-state index is 7.14. The molecule has 0 aromatic heterocycles. The Morgan fingerprint density at radius 2 is 2.12 bits per heavy atom. The lowest BCUT2D eigenvalue weighted by Gasteiger charge is -2.07. The molecular weight excluding hydrogens is 136 g/mol. The van der Waals surface area contributed by atoms with Crippen LogP contribution >= 0.6 is 0 Å². The molecule has 0 saturated carbocycles. The highest BCUT2D eigenvalue weighted by molar-refractivity contribution is 6.27. The highest BCUT2D eigenvalue weighted by Crippen LogP contribution is 2.01. The summed E-state index contributed by atoms with van der Waals surface area (Å²) in [6.07, 6.45) is 2.75. The fourth-order valence-corrected chi connectivity index (χ4v) is 1.86. The fourth-order valence-electron chi connectivity index (χ4n) is 0.687. The van der Waals surface area contributed by atoms with E-state index < -0.39 is 0 Å². The molecule has 1 heterocycles. The van der Waals surface area contributed by atoms with E-state index in [2.05, 4.69) is 0 Å². The Labute approximate surface area is 55.7 Å². The number of rotatable bonds is 0. The summed E-state index contributed by atoms with van der Waals surface area (Å²) in [7, 11) is 0.314. The largest absolute Gasteiger partial charge is 0.442 e. The molecule has 1 N–H and O–H groups in total. The molecule has 0 amide bonds. The first-order chi connectivity index (χ1) is 4.00. The van der Waals surface area contributed by atoms with Crippen LogP contribution in [0.3, 0.4) is 0 Å². The Balaban J connectivity index is 0.000000222. The van der Waals surface area contributed by atoms with Crippen molar-refractivity contribution in [2.75, 3.05) is 6.61 Å². The standard InChI is InChI=1S/C4H10OSi.H4OSi/c1-2-4-6-5-3-1;1-2/h1-4,6H2;1H,2H3. The Bertz CT molecular complexity index is 27.5. The van der Waals surface area contributed by atoms with Gasteiger partial charge in [0.15, 0.2) is 9.76 Å². The SMILES string of the molecule is C1CC[SiH2]OC1.O[SiH3]. The molecule has 0 aromatic carbocycles. The lowest BCUT2D eigenvalue weighted by atomic mass is 10.4. The number of hydrogen-bond acceptors (Lipinski definition) is 2. The molecule has 0 radical (unpaired) electrons. The minimum absolute atomic E-state index is 0.00849. The first-order valence-corrected chi connectivity index (χ1v) is 5.50. The van der Waals surface area contributed by atoms with E-state index in [9.17, 15) is 0 Å². The van der Waals surface area contributed by atoms with Gasteiger partial charge in [-0.2, -0.15) is 0 Å². The van der Waals surface area contributed by atoms with Gasteiger partial charge in [-0.3, -0.25) is 0 Å². The van der Waals surface area contributed by atoms with Gasteiger partial charge < -0.3 is 9.22 Å². The van der Waals surface area contributed by atoms with Gasteiger partial charge in [0.1, 0.15) is 10.5 Å². The predicted octanol–water partition coefficient (Wildman–Crippen LogP) is -1.44. The monoisotopic (exact) mass is 150 g/mol.